The van der Waals surface area contributed by atoms with Crippen molar-refractivity contribution in [3.63, 3.8) is 0 Å². The number of hydrogen-bond acceptors (Lipinski definition) is 5. The first-order chi connectivity index (χ1) is 17.5. The minimum Gasteiger partial charge on any atom is -0.319 e. The number of carbonyl (C=O) groups excluding carboxylic acids is 1. The quantitative estimate of drug-likeness (QED) is 0.126. The van der Waals surface area contributed by atoms with E-state index < -0.39 is 52.0 Å². The van der Waals surface area contributed by atoms with Crippen molar-refractivity contribution >= 4 is 17.3 Å². The molecule has 0 atom stereocenters. The second-order valence-electron chi connectivity index (χ2n) is 8.06. The highest BCUT2D eigenvalue weighted by molar-refractivity contribution is 6.04. The zero-order chi connectivity index (χ0) is 27.0. The van der Waals surface area contributed by atoms with Crippen molar-refractivity contribution < 1.29 is 31.7 Å². The topological polar surface area (TPSA) is 108 Å². The van der Waals surface area contributed by atoms with Crippen molar-refractivity contribution in [1.29, 1.82) is 0 Å². The first-order valence-corrected chi connectivity index (χ1v) is 10.6. The van der Waals surface area contributed by atoms with E-state index in [1.54, 1.807) is 12.1 Å². The van der Waals surface area contributed by atoms with Gasteiger partial charge in [-0.1, -0.05) is 12.1 Å². The van der Waals surface area contributed by atoms with Gasteiger partial charge in [0.2, 0.25) is 5.82 Å². The number of nitrogens with zero attached hydrogens (tertiary/aromatic N) is 5. The van der Waals surface area contributed by atoms with Gasteiger partial charge in [0.15, 0.2) is 23.3 Å². The highest BCUT2D eigenvalue weighted by Crippen LogP contribution is 2.26. The minimum absolute atomic E-state index is 0.151. The van der Waals surface area contributed by atoms with E-state index >= 15 is 0 Å². The summed E-state index contributed by atoms with van der Waals surface area (Å²) in [6.07, 6.45) is 2.40. The standard InChI is InChI=1S/C23H17F5N6O3/c1-11-22(12(2)33(31-11)10-16-17(24)19(26)21(28)20(27)18(16)25)30-23(35)14-5-3-13(4-6-14)8-32-9-15(7-29-32)34(36)37/h3-7,9H,8,10H2,1-2H3,(H,30,35). The molecule has 9 nitrogen and oxygen atoms in total. The van der Waals surface area contributed by atoms with E-state index in [0.29, 0.717) is 0 Å². The first kappa shape index (κ1) is 25.5. The van der Waals surface area contributed by atoms with Crippen molar-refractivity contribution in [3.05, 3.63) is 104 Å². The maximum Gasteiger partial charge on any atom is 0.307 e. The second kappa shape index (κ2) is 9.79. The molecule has 2 aromatic heterocycles. The molecule has 0 bridgehead atoms. The molecule has 0 aliphatic heterocycles. The Labute approximate surface area is 205 Å². The van der Waals surface area contributed by atoms with Crippen LogP contribution >= 0.6 is 0 Å². The molecule has 2 heterocycles. The fraction of sp³-hybridized carbons (Fsp3) is 0.174. The van der Waals surface area contributed by atoms with Crippen molar-refractivity contribution in [1.82, 2.24) is 19.6 Å². The molecule has 4 aromatic rings. The number of hydrogen-bond donors (Lipinski definition) is 1. The fourth-order valence-corrected chi connectivity index (χ4v) is 3.64. The van der Waals surface area contributed by atoms with Crippen LogP contribution in [0, 0.1) is 53.0 Å². The Hall–Kier alpha value is -4.62. The summed E-state index contributed by atoms with van der Waals surface area (Å²) >= 11 is 0. The van der Waals surface area contributed by atoms with Crippen molar-refractivity contribution in [2.45, 2.75) is 26.9 Å². The van der Waals surface area contributed by atoms with Crippen LogP contribution in [0.25, 0.3) is 0 Å². The second-order valence-corrected chi connectivity index (χ2v) is 8.06. The lowest BCUT2D eigenvalue weighted by atomic mass is 10.1. The first-order valence-electron chi connectivity index (χ1n) is 10.6. The highest BCUT2D eigenvalue weighted by atomic mass is 19.2. The van der Waals surface area contributed by atoms with E-state index in [2.05, 4.69) is 15.5 Å². The number of nitro groups is 1. The fourth-order valence-electron chi connectivity index (χ4n) is 3.64. The Morgan fingerprint density at radius 2 is 1.57 bits per heavy atom. The van der Waals surface area contributed by atoms with E-state index in [4.69, 9.17) is 0 Å². The van der Waals surface area contributed by atoms with E-state index in [9.17, 15) is 36.9 Å². The van der Waals surface area contributed by atoms with Crippen molar-refractivity contribution in [3.8, 4) is 0 Å². The van der Waals surface area contributed by atoms with Crippen LogP contribution in [-0.4, -0.2) is 30.4 Å². The third-order valence-electron chi connectivity index (χ3n) is 5.62. The van der Waals surface area contributed by atoms with Crippen LogP contribution in [0.5, 0.6) is 0 Å². The summed E-state index contributed by atoms with van der Waals surface area (Å²) in [5.74, 6) is -10.8. The normalized spacial score (nSPS) is 11.1. The Bertz CT molecular complexity index is 1500. The largest absolute Gasteiger partial charge is 0.319 e. The molecule has 0 saturated heterocycles. The van der Waals surface area contributed by atoms with E-state index in [1.165, 1.54) is 36.9 Å². The molecule has 14 heteroatoms. The lowest BCUT2D eigenvalue weighted by Gasteiger charge is -2.10. The number of anilines is 1. The minimum atomic E-state index is -2.25. The van der Waals surface area contributed by atoms with E-state index in [1.807, 2.05) is 0 Å². The summed E-state index contributed by atoms with van der Waals surface area (Å²) in [5.41, 5.74) is 0.458. The molecule has 1 N–H and O–H groups in total. The number of rotatable bonds is 7. The van der Waals surface area contributed by atoms with Crippen LogP contribution in [0.3, 0.4) is 0 Å². The molecule has 0 unspecified atom stereocenters. The van der Waals surface area contributed by atoms with Crippen LogP contribution in [0.2, 0.25) is 0 Å². The van der Waals surface area contributed by atoms with E-state index in [-0.39, 0.29) is 34.9 Å². The van der Waals surface area contributed by atoms with Gasteiger partial charge in [-0.05, 0) is 31.5 Å². The predicted octanol–water partition coefficient (Wildman–Crippen LogP) is 4.65. The Morgan fingerprint density at radius 3 is 2.14 bits per heavy atom. The monoisotopic (exact) mass is 520 g/mol. The van der Waals surface area contributed by atoms with Crippen molar-refractivity contribution in [2.24, 2.45) is 0 Å². The number of carbonyl (C=O) groups is 1. The van der Waals surface area contributed by atoms with E-state index in [0.717, 1.165) is 16.4 Å². The molecule has 37 heavy (non-hydrogen) atoms. The molecule has 4 rings (SSSR count). The zero-order valence-corrected chi connectivity index (χ0v) is 19.2. The van der Waals surface area contributed by atoms with Gasteiger partial charge >= 0.3 is 5.69 Å². The molecular formula is C23H17F5N6O3. The van der Waals surface area contributed by atoms with Crippen LogP contribution in [0.15, 0.2) is 36.7 Å². The molecule has 0 aliphatic carbocycles. The lowest BCUT2D eigenvalue weighted by molar-refractivity contribution is -0.385. The predicted molar refractivity (Wildman–Crippen MR) is 119 cm³/mol. The van der Waals surface area contributed by atoms with Crippen LogP contribution < -0.4 is 5.32 Å². The lowest BCUT2D eigenvalue weighted by Crippen LogP contribution is -2.14. The average Bonchev–Trinajstić information content (AvgIpc) is 3.44. The highest BCUT2D eigenvalue weighted by Gasteiger charge is 2.27. The number of aromatic nitrogens is 4. The van der Waals surface area contributed by atoms with Gasteiger partial charge in [0.05, 0.1) is 40.7 Å². The number of aryl methyl sites for hydroxylation is 1. The molecule has 0 fully saturated rings. The Kier molecular flexibility index (Phi) is 6.74. The molecule has 0 radical (unpaired) electrons. The van der Waals surface area contributed by atoms with Crippen LogP contribution in [-0.2, 0) is 13.1 Å². The summed E-state index contributed by atoms with van der Waals surface area (Å²) in [6, 6.07) is 6.31. The number of halogens is 5. The molecule has 2 aromatic carbocycles. The average molecular weight is 520 g/mol. The van der Waals surface area contributed by atoms with Gasteiger partial charge in [-0.25, -0.2) is 22.0 Å². The van der Waals surface area contributed by atoms with Gasteiger partial charge in [-0.15, -0.1) is 0 Å². The third kappa shape index (κ3) is 4.90. The Balaban J connectivity index is 1.50. The van der Waals surface area contributed by atoms with Gasteiger partial charge in [-0.2, -0.15) is 10.2 Å². The molecule has 0 aliphatic rings. The molecule has 1 amide bonds. The number of amides is 1. The maximum absolute atomic E-state index is 14.1. The Morgan fingerprint density at radius 1 is 0.973 bits per heavy atom. The summed E-state index contributed by atoms with van der Waals surface area (Å²) in [4.78, 5) is 23.0. The summed E-state index contributed by atoms with van der Waals surface area (Å²) in [7, 11) is 0. The summed E-state index contributed by atoms with van der Waals surface area (Å²) in [5, 5.41) is 21.4. The van der Waals surface area contributed by atoms with Gasteiger partial charge in [0.25, 0.3) is 5.91 Å². The summed E-state index contributed by atoms with van der Waals surface area (Å²) < 4.78 is 71.0. The molecule has 0 saturated carbocycles. The third-order valence-corrected chi connectivity index (χ3v) is 5.62. The van der Waals surface area contributed by atoms with Crippen LogP contribution in [0.1, 0.15) is 32.9 Å². The number of nitrogens with one attached hydrogen (secondary N) is 1. The van der Waals surface area contributed by atoms with Crippen LogP contribution in [0.4, 0.5) is 33.3 Å². The zero-order valence-electron chi connectivity index (χ0n) is 19.2. The number of benzene rings is 2. The molecule has 0 spiro atoms. The maximum atomic E-state index is 14.1. The summed E-state index contributed by atoms with van der Waals surface area (Å²) in [6.45, 7) is 2.45. The van der Waals surface area contributed by atoms with Gasteiger partial charge in [0.1, 0.15) is 12.4 Å². The SMILES string of the molecule is Cc1nn(Cc2c(F)c(F)c(F)c(F)c2F)c(C)c1NC(=O)c1ccc(Cn2cc([N+](=O)[O-])cn2)cc1. The van der Waals surface area contributed by atoms with Gasteiger partial charge < -0.3 is 5.32 Å². The van der Waals surface area contributed by atoms with Gasteiger partial charge in [0, 0.05) is 5.56 Å². The van der Waals surface area contributed by atoms with Crippen molar-refractivity contribution in [2.75, 3.05) is 5.32 Å². The van der Waals surface area contributed by atoms with Gasteiger partial charge in [-0.3, -0.25) is 24.3 Å². The molecular weight excluding hydrogens is 503 g/mol. The smallest absolute Gasteiger partial charge is 0.307 e. The molecule has 192 valence electrons.